The van der Waals surface area contributed by atoms with Gasteiger partial charge in [0.05, 0.1) is 13.0 Å². The number of nitrogens with one attached hydrogen (secondary N) is 1. The van der Waals surface area contributed by atoms with Gasteiger partial charge in [-0.2, -0.15) is 0 Å². The quantitative estimate of drug-likeness (QED) is 0.831. The average molecular weight is 325 g/mol. The summed E-state index contributed by atoms with van der Waals surface area (Å²) >= 11 is 0. The highest BCUT2D eigenvalue weighted by Crippen LogP contribution is 2.25. The molecule has 1 aliphatic rings. The van der Waals surface area contributed by atoms with Crippen LogP contribution in [0.1, 0.15) is 23.2 Å². The van der Waals surface area contributed by atoms with Gasteiger partial charge in [-0.25, -0.2) is 4.39 Å². The number of carboxylic acids is 1. The molecule has 0 aromatic heterocycles. The third-order valence-electron chi connectivity index (χ3n) is 4.06. The lowest BCUT2D eigenvalue weighted by molar-refractivity contribution is -0.144. The summed E-state index contributed by atoms with van der Waals surface area (Å²) in [7, 11) is 1.34. The minimum Gasteiger partial charge on any atom is -0.496 e. The Labute approximate surface area is 133 Å². The molecule has 1 fully saturated rings. The Morgan fingerprint density at radius 1 is 1.43 bits per heavy atom. The Morgan fingerprint density at radius 3 is 2.74 bits per heavy atom. The van der Waals surface area contributed by atoms with Gasteiger partial charge < -0.3 is 19.9 Å². The summed E-state index contributed by atoms with van der Waals surface area (Å²) in [5, 5.41) is 11.9. The highest BCUT2D eigenvalue weighted by atomic mass is 19.1. The fourth-order valence-electron chi connectivity index (χ4n) is 2.76. The second kappa shape index (κ2) is 7.92. The van der Waals surface area contributed by atoms with Crippen LogP contribution in [-0.2, 0) is 9.53 Å². The summed E-state index contributed by atoms with van der Waals surface area (Å²) in [6, 6.07) is 4.07. The van der Waals surface area contributed by atoms with E-state index >= 15 is 0 Å². The molecule has 1 heterocycles. The van der Waals surface area contributed by atoms with Crippen LogP contribution in [0, 0.1) is 17.7 Å². The summed E-state index contributed by atoms with van der Waals surface area (Å²) in [5.74, 6) is -3.04. The maximum absolute atomic E-state index is 13.9. The van der Waals surface area contributed by atoms with Crippen molar-refractivity contribution in [1.82, 2.24) is 5.32 Å². The first-order chi connectivity index (χ1) is 11.0. The topological polar surface area (TPSA) is 84.9 Å². The molecule has 0 saturated carbocycles. The molecule has 2 N–H and O–H groups in total. The zero-order chi connectivity index (χ0) is 16.8. The van der Waals surface area contributed by atoms with Gasteiger partial charge in [0.2, 0.25) is 0 Å². The number of methoxy groups -OCH3 is 1. The van der Waals surface area contributed by atoms with E-state index in [2.05, 4.69) is 5.32 Å². The van der Waals surface area contributed by atoms with E-state index in [1.165, 1.54) is 19.2 Å². The van der Waals surface area contributed by atoms with E-state index in [4.69, 9.17) is 9.47 Å². The number of aliphatic carboxylic acids is 1. The van der Waals surface area contributed by atoms with Gasteiger partial charge in [-0.1, -0.05) is 6.07 Å². The summed E-state index contributed by atoms with van der Waals surface area (Å²) < 4.78 is 24.1. The van der Waals surface area contributed by atoms with Gasteiger partial charge in [0.1, 0.15) is 17.1 Å². The predicted octanol–water partition coefficient (Wildman–Crippen LogP) is 1.69. The Balaban J connectivity index is 2.06. The highest BCUT2D eigenvalue weighted by Gasteiger charge is 2.30. The number of hydrogen-bond donors (Lipinski definition) is 2. The van der Waals surface area contributed by atoms with Crippen LogP contribution in [-0.4, -0.2) is 43.9 Å². The molecule has 0 aliphatic carbocycles. The number of benzene rings is 1. The molecule has 0 spiro atoms. The number of carbonyl (C=O) groups is 2. The zero-order valence-corrected chi connectivity index (χ0v) is 12.9. The molecule has 1 unspecified atom stereocenters. The largest absolute Gasteiger partial charge is 0.496 e. The second-order valence-corrected chi connectivity index (χ2v) is 5.42. The summed E-state index contributed by atoms with van der Waals surface area (Å²) in [4.78, 5) is 23.7. The van der Waals surface area contributed by atoms with E-state index in [0.29, 0.717) is 26.1 Å². The lowest BCUT2D eigenvalue weighted by Gasteiger charge is -2.27. The molecule has 0 radical (unpaired) electrons. The summed E-state index contributed by atoms with van der Waals surface area (Å²) in [6.07, 6.45) is 1.27. The molecular weight excluding hydrogens is 305 g/mol. The average Bonchev–Trinajstić information content (AvgIpc) is 2.55. The molecule has 7 heteroatoms. The van der Waals surface area contributed by atoms with Crippen LogP contribution in [0.25, 0.3) is 0 Å². The van der Waals surface area contributed by atoms with Crippen molar-refractivity contribution < 1.29 is 28.6 Å². The first kappa shape index (κ1) is 17.2. The third-order valence-corrected chi connectivity index (χ3v) is 4.06. The van der Waals surface area contributed by atoms with Crippen LogP contribution in [0.15, 0.2) is 18.2 Å². The van der Waals surface area contributed by atoms with Crippen molar-refractivity contribution in [3.63, 3.8) is 0 Å². The van der Waals surface area contributed by atoms with Gasteiger partial charge in [-0.3, -0.25) is 9.59 Å². The number of rotatable bonds is 6. The van der Waals surface area contributed by atoms with Gasteiger partial charge in [0, 0.05) is 19.8 Å². The number of carbonyl (C=O) groups excluding carboxylic acids is 1. The third kappa shape index (κ3) is 4.19. The minimum absolute atomic E-state index is 0.0592. The van der Waals surface area contributed by atoms with Crippen molar-refractivity contribution in [2.45, 2.75) is 12.8 Å². The molecule has 2 rings (SSSR count). The molecule has 1 aromatic carbocycles. The molecule has 1 atom stereocenters. The smallest absolute Gasteiger partial charge is 0.308 e. The maximum Gasteiger partial charge on any atom is 0.308 e. The van der Waals surface area contributed by atoms with E-state index < -0.39 is 23.6 Å². The molecule has 1 saturated heterocycles. The molecule has 6 nitrogen and oxygen atoms in total. The number of amides is 1. The monoisotopic (exact) mass is 325 g/mol. The first-order valence-electron chi connectivity index (χ1n) is 7.45. The van der Waals surface area contributed by atoms with Gasteiger partial charge in [0.25, 0.3) is 5.91 Å². The lowest BCUT2D eigenvalue weighted by Crippen LogP contribution is -2.39. The molecular formula is C16H20FNO5. The Kier molecular flexibility index (Phi) is 5.92. The standard InChI is InChI=1S/C16H20FNO5/c1-22-13-4-2-3-12(17)14(13)15(19)18-9-11(16(20)21)10-5-7-23-8-6-10/h2-4,10-11H,5-9H2,1H3,(H,18,19)(H,20,21). The Hall–Kier alpha value is -2.15. The molecule has 23 heavy (non-hydrogen) atoms. The van der Waals surface area contributed by atoms with E-state index in [1.54, 1.807) is 0 Å². The van der Waals surface area contributed by atoms with Crippen LogP contribution in [0.3, 0.4) is 0 Å². The van der Waals surface area contributed by atoms with E-state index in [9.17, 15) is 19.1 Å². The SMILES string of the molecule is COc1cccc(F)c1C(=O)NCC(C(=O)O)C1CCOCC1. The predicted molar refractivity (Wildman–Crippen MR) is 80.0 cm³/mol. The Bertz CT molecular complexity index is 572. The van der Waals surface area contributed by atoms with Crippen LogP contribution >= 0.6 is 0 Å². The van der Waals surface area contributed by atoms with Crippen molar-refractivity contribution in [1.29, 1.82) is 0 Å². The lowest BCUT2D eigenvalue weighted by atomic mass is 9.86. The fraction of sp³-hybridized carbons (Fsp3) is 0.500. The number of halogens is 1. The van der Waals surface area contributed by atoms with Gasteiger partial charge in [0.15, 0.2) is 0 Å². The number of ether oxygens (including phenoxy) is 2. The van der Waals surface area contributed by atoms with Crippen molar-refractivity contribution in [2.24, 2.45) is 11.8 Å². The van der Waals surface area contributed by atoms with E-state index in [1.807, 2.05) is 0 Å². The van der Waals surface area contributed by atoms with Gasteiger partial charge in [-0.05, 0) is 30.9 Å². The molecule has 1 aliphatic heterocycles. The van der Waals surface area contributed by atoms with Crippen molar-refractivity contribution >= 4 is 11.9 Å². The first-order valence-corrected chi connectivity index (χ1v) is 7.45. The minimum atomic E-state index is -0.974. The normalized spacial score (nSPS) is 16.6. The fourth-order valence-corrected chi connectivity index (χ4v) is 2.76. The van der Waals surface area contributed by atoms with Crippen LogP contribution in [0.5, 0.6) is 5.75 Å². The molecule has 126 valence electrons. The van der Waals surface area contributed by atoms with Crippen molar-refractivity contribution in [3.05, 3.63) is 29.6 Å². The van der Waals surface area contributed by atoms with Crippen molar-refractivity contribution in [2.75, 3.05) is 26.9 Å². The van der Waals surface area contributed by atoms with Gasteiger partial charge >= 0.3 is 5.97 Å². The van der Waals surface area contributed by atoms with E-state index in [0.717, 1.165) is 6.07 Å². The van der Waals surface area contributed by atoms with Crippen LogP contribution < -0.4 is 10.1 Å². The maximum atomic E-state index is 13.9. The summed E-state index contributed by atoms with van der Waals surface area (Å²) in [6.45, 7) is 0.976. The number of carboxylic acid groups (broad SMARTS) is 1. The second-order valence-electron chi connectivity index (χ2n) is 5.42. The molecule has 1 amide bonds. The van der Waals surface area contributed by atoms with Crippen LogP contribution in [0.2, 0.25) is 0 Å². The Morgan fingerprint density at radius 2 is 2.13 bits per heavy atom. The summed E-state index contributed by atoms with van der Waals surface area (Å²) in [5.41, 5.74) is -0.217. The molecule has 0 bridgehead atoms. The highest BCUT2D eigenvalue weighted by molar-refractivity contribution is 5.97. The van der Waals surface area contributed by atoms with Crippen molar-refractivity contribution in [3.8, 4) is 5.75 Å². The molecule has 1 aromatic rings. The zero-order valence-electron chi connectivity index (χ0n) is 12.9. The van der Waals surface area contributed by atoms with E-state index in [-0.39, 0.29) is 23.8 Å². The van der Waals surface area contributed by atoms with Gasteiger partial charge in [-0.15, -0.1) is 0 Å². The number of hydrogen-bond acceptors (Lipinski definition) is 4. The van der Waals surface area contributed by atoms with Crippen LogP contribution in [0.4, 0.5) is 4.39 Å².